The van der Waals surface area contributed by atoms with Gasteiger partial charge in [0, 0.05) is 26.9 Å². The third-order valence-electron chi connectivity index (χ3n) is 9.64. The molecule has 5 nitrogen and oxygen atoms in total. The van der Waals surface area contributed by atoms with Gasteiger partial charge in [0.2, 0.25) is 0 Å². The number of ether oxygens (including phenoxy) is 1. The summed E-state index contributed by atoms with van der Waals surface area (Å²) in [4.78, 5) is 33.2. The number of carbonyl (C=O) groups is 2. The molecule has 2 bridgehead atoms. The Balaban J connectivity index is 1.45. The number of hydrogen-bond donors (Lipinski definition) is 1. The Morgan fingerprint density at radius 3 is 2.28 bits per heavy atom. The van der Waals surface area contributed by atoms with Gasteiger partial charge >= 0.3 is 12.1 Å². The van der Waals surface area contributed by atoms with Crippen LogP contribution in [0.3, 0.4) is 0 Å². The molecule has 3 saturated carbocycles. The molecule has 1 amide bonds. The number of hydrogen-bond acceptors (Lipinski definition) is 4. The molecular formula is C37H36BrF3N2O3. The highest BCUT2D eigenvalue weighted by Gasteiger charge is 2.59. The van der Waals surface area contributed by atoms with Crippen molar-refractivity contribution in [2.75, 3.05) is 0 Å². The highest BCUT2D eigenvalue weighted by atomic mass is 79.9. The molecule has 46 heavy (non-hydrogen) atoms. The van der Waals surface area contributed by atoms with Crippen LogP contribution in [0.4, 0.5) is 13.2 Å². The normalized spacial score (nSPS) is 22.9. The lowest BCUT2D eigenvalue weighted by Crippen LogP contribution is -2.62. The van der Waals surface area contributed by atoms with Crippen molar-refractivity contribution < 1.29 is 27.5 Å². The molecule has 0 aliphatic heterocycles. The molecule has 1 unspecified atom stereocenters. The highest BCUT2D eigenvalue weighted by molar-refractivity contribution is 9.10. The van der Waals surface area contributed by atoms with E-state index in [0.29, 0.717) is 59.0 Å². The van der Waals surface area contributed by atoms with Gasteiger partial charge in [-0.1, -0.05) is 64.5 Å². The highest BCUT2D eigenvalue weighted by Crippen LogP contribution is 2.59. The van der Waals surface area contributed by atoms with Crippen LogP contribution in [0.25, 0.3) is 22.2 Å². The van der Waals surface area contributed by atoms with E-state index in [4.69, 9.17) is 9.72 Å². The van der Waals surface area contributed by atoms with E-state index in [-0.39, 0.29) is 18.3 Å². The lowest BCUT2D eigenvalue weighted by Gasteiger charge is -2.57. The second-order valence-electron chi connectivity index (χ2n) is 13.8. The molecule has 240 valence electrons. The van der Waals surface area contributed by atoms with Crippen LogP contribution < -0.4 is 5.32 Å². The molecule has 3 aromatic carbocycles. The number of nitrogens with zero attached hydrogens (tertiary/aromatic N) is 1. The molecule has 7 rings (SSSR count). The Morgan fingerprint density at radius 2 is 1.63 bits per heavy atom. The van der Waals surface area contributed by atoms with Crippen molar-refractivity contribution in [1.29, 1.82) is 0 Å². The summed E-state index contributed by atoms with van der Waals surface area (Å²) >= 11 is 3.54. The van der Waals surface area contributed by atoms with E-state index in [2.05, 4.69) is 21.2 Å². The number of benzene rings is 3. The Bertz CT molecular complexity index is 1820. The maximum Gasteiger partial charge on any atom is 0.416 e. The molecule has 3 fully saturated rings. The van der Waals surface area contributed by atoms with Crippen LogP contribution in [0.5, 0.6) is 0 Å². The Morgan fingerprint density at radius 1 is 0.935 bits per heavy atom. The van der Waals surface area contributed by atoms with Gasteiger partial charge in [0.1, 0.15) is 5.60 Å². The third kappa shape index (κ3) is 5.94. The predicted octanol–water partition coefficient (Wildman–Crippen LogP) is 9.55. The van der Waals surface area contributed by atoms with Gasteiger partial charge in [-0.05, 0) is 95.2 Å². The predicted molar refractivity (Wildman–Crippen MR) is 175 cm³/mol. The van der Waals surface area contributed by atoms with E-state index in [1.165, 1.54) is 12.1 Å². The first-order valence-corrected chi connectivity index (χ1v) is 16.3. The summed E-state index contributed by atoms with van der Waals surface area (Å²) in [5.41, 5.74) is 0.658. The largest absolute Gasteiger partial charge is 0.460 e. The molecule has 3 aliphatic carbocycles. The van der Waals surface area contributed by atoms with Crippen LogP contribution in [-0.4, -0.2) is 28.0 Å². The molecule has 4 aromatic rings. The fraction of sp³-hybridized carbons (Fsp3) is 0.378. The van der Waals surface area contributed by atoms with Crippen LogP contribution in [0.15, 0.2) is 77.3 Å². The van der Waals surface area contributed by atoms with Gasteiger partial charge in [0.05, 0.1) is 27.8 Å². The molecule has 0 saturated heterocycles. The summed E-state index contributed by atoms with van der Waals surface area (Å²) in [5.74, 6) is -1.18. The van der Waals surface area contributed by atoms with Crippen molar-refractivity contribution in [3.63, 3.8) is 0 Å². The fourth-order valence-corrected chi connectivity index (χ4v) is 7.72. The number of pyridine rings is 1. The van der Waals surface area contributed by atoms with Crippen molar-refractivity contribution in [2.45, 2.75) is 83.0 Å². The summed E-state index contributed by atoms with van der Waals surface area (Å²) in [6.45, 7) is 7.31. The first kappa shape index (κ1) is 32.2. The number of fused-ring (bicyclic) bond motifs is 4. The van der Waals surface area contributed by atoms with Gasteiger partial charge < -0.3 is 10.1 Å². The minimum Gasteiger partial charge on any atom is -0.460 e. The van der Waals surface area contributed by atoms with Gasteiger partial charge in [0.15, 0.2) is 0 Å². The number of amides is 1. The van der Waals surface area contributed by atoms with Crippen LogP contribution in [0.2, 0.25) is 0 Å². The smallest absolute Gasteiger partial charge is 0.416 e. The molecule has 1 N–H and O–H groups in total. The van der Waals surface area contributed by atoms with Crippen LogP contribution in [0.1, 0.15) is 85.8 Å². The first-order valence-electron chi connectivity index (χ1n) is 15.5. The number of halogens is 4. The summed E-state index contributed by atoms with van der Waals surface area (Å²) in [5, 5.41) is 4.04. The average molecular weight is 694 g/mol. The molecule has 3 aliphatic rings. The standard InChI is InChI=1S/C37H36BrF3N2O3/c1-22-30(27-20-26(38)13-14-29(27)42-31(22)23-9-6-5-7-10-23)32(44)43-36-17-15-35(16-18-36,33(45)46-34(2,3)4)21-28(36)24-11-8-12-25(19-24)37(39,40)41/h5-14,19-20,28H,15-18,21H2,1-4H3,(H,43,44). The minimum atomic E-state index is -4.53. The maximum atomic E-state index is 14.6. The van der Waals surface area contributed by atoms with Crippen LogP contribution >= 0.6 is 15.9 Å². The molecule has 1 atom stereocenters. The van der Waals surface area contributed by atoms with Crippen molar-refractivity contribution in [2.24, 2.45) is 5.41 Å². The Kier molecular flexibility index (Phi) is 8.06. The van der Waals surface area contributed by atoms with Crippen molar-refractivity contribution in [3.8, 4) is 11.3 Å². The quantitative estimate of drug-likeness (QED) is 0.212. The van der Waals surface area contributed by atoms with Crippen molar-refractivity contribution in [1.82, 2.24) is 10.3 Å². The van der Waals surface area contributed by atoms with E-state index in [1.54, 1.807) is 6.07 Å². The fourth-order valence-electron chi connectivity index (χ4n) is 7.36. The number of carbonyl (C=O) groups excluding carboxylic acids is 2. The minimum absolute atomic E-state index is 0.278. The Labute approximate surface area is 275 Å². The van der Waals surface area contributed by atoms with Gasteiger partial charge in [-0.25, -0.2) is 4.98 Å². The second kappa shape index (κ2) is 11.5. The van der Waals surface area contributed by atoms with Crippen LogP contribution in [0, 0.1) is 12.3 Å². The topological polar surface area (TPSA) is 68.3 Å². The number of aromatic nitrogens is 1. The SMILES string of the molecule is Cc1c(-c2ccccc2)nc2ccc(Br)cc2c1C(=O)NC12CCC(C(=O)OC(C)(C)C)(CC1)CC2c1cccc(C(F)(F)F)c1. The van der Waals surface area contributed by atoms with Gasteiger partial charge in [0.25, 0.3) is 5.91 Å². The van der Waals surface area contributed by atoms with E-state index in [1.807, 2.05) is 76.2 Å². The summed E-state index contributed by atoms with van der Waals surface area (Å²) in [6, 6.07) is 20.6. The molecule has 1 heterocycles. The van der Waals surface area contributed by atoms with Crippen molar-refractivity contribution >= 4 is 38.7 Å². The number of esters is 1. The van der Waals surface area contributed by atoms with Crippen LogP contribution in [-0.2, 0) is 15.7 Å². The van der Waals surface area contributed by atoms with E-state index in [0.717, 1.165) is 16.1 Å². The Hall–Kier alpha value is -3.72. The first-order chi connectivity index (χ1) is 21.6. The average Bonchev–Trinajstić information content (AvgIpc) is 3.00. The second-order valence-corrected chi connectivity index (χ2v) is 14.7. The summed E-state index contributed by atoms with van der Waals surface area (Å²) in [7, 11) is 0. The van der Waals surface area contributed by atoms with Gasteiger partial charge in [-0.15, -0.1) is 0 Å². The summed E-state index contributed by atoms with van der Waals surface area (Å²) < 4.78 is 48.3. The molecule has 9 heteroatoms. The zero-order chi connectivity index (χ0) is 33.1. The molecule has 1 aromatic heterocycles. The van der Waals surface area contributed by atoms with E-state index < -0.39 is 34.2 Å². The summed E-state index contributed by atoms with van der Waals surface area (Å²) in [6.07, 6.45) is -2.47. The lowest BCUT2D eigenvalue weighted by atomic mass is 9.51. The molecule has 0 radical (unpaired) electrons. The third-order valence-corrected chi connectivity index (χ3v) is 10.1. The molecular weight excluding hydrogens is 657 g/mol. The lowest BCUT2D eigenvalue weighted by molar-refractivity contribution is -0.176. The van der Waals surface area contributed by atoms with Crippen molar-refractivity contribution in [3.05, 3.63) is 99.5 Å². The zero-order valence-corrected chi connectivity index (χ0v) is 27.8. The van der Waals surface area contributed by atoms with E-state index >= 15 is 0 Å². The van der Waals surface area contributed by atoms with Gasteiger partial charge in [-0.2, -0.15) is 13.2 Å². The maximum absolute atomic E-state index is 14.6. The van der Waals surface area contributed by atoms with E-state index in [9.17, 15) is 22.8 Å². The molecule has 0 spiro atoms. The zero-order valence-electron chi connectivity index (χ0n) is 26.2. The number of rotatable bonds is 5. The number of nitrogens with one attached hydrogen (secondary N) is 1. The number of alkyl halides is 3. The van der Waals surface area contributed by atoms with Gasteiger partial charge in [-0.3, -0.25) is 9.59 Å². The monoisotopic (exact) mass is 692 g/mol.